The van der Waals surface area contributed by atoms with Gasteiger partial charge in [-0.1, -0.05) is 0 Å². The van der Waals surface area contributed by atoms with Gasteiger partial charge < -0.3 is 23.7 Å². The summed E-state index contributed by atoms with van der Waals surface area (Å²) in [6.45, 7) is 3.19. The average Bonchev–Trinajstić information content (AvgIpc) is 2.82. The first-order valence-electron chi connectivity index (χ1n) is 11.0. The Morgan fingerprint density at radius 3 is 2.51 bits per heavy atom. The fraction of sp³-hybridized carbons (Fsp3) is 0.375. The van der Waals surface area contributed by atoms with Gasteiger partial charge in [-0.2, -0.15) is 5.26 Å². The summed E-state index contributed by atoms with van der Waals surface area (Å²) < 4.78 is 54.5. The van der Waals surface area contributed by atoms with Gasteiger partial charge in [0.25, 0.3) is 5.56 Å². The lowest BCUT2D eigenvalue weighted by molar-refractivity contribution is -0.274. The van der Waals surface area contributed by atoms with E-state index in [1.165, 1.54) is 34.9 Å². The maximum atomic E-state index is 12.6. The summed E-state index contributed by atoms with van der Waals surface area (Å²) in [6.07, 6.45) is -4.97. The minimum atomic E-state index is -4.76. The summed E-state index contributed by atoms with van der Waals surface area (Å²) in [5, 5.41) is 9.29. The number of nitrogens with zero attached hydrogens (tertiary/aromatic N) is 4. The number of hydrogen-bond donors (Lipinski definition) is 0. The molecule has 2 atom stereocenters. The maximum absolute atomic E-state index is 12.6. The smallest absolute Gasteiger partial charge is 0.488 e. The number of piperidine rings is 1. The first kappa shape index (κ1) is 24.3. The van der Waals surface area contributed by atoms with E-state index in [9.17, 15) is 23.2 Å². The molecule has 8 nitrogen and oxygen atoms in total. The van der Waals surface area contributed by atoms with Crippen LogP contribution in [0, 0.1) is 11.3 Å². The fourth-order valence-electron chi connectivity index (χ4n) is 4.13. The van der Waals surface area contributed by atoms with Gasteiger partial charge in [0.15, 0.2) is 0 Å². The van der Waals surface area contributed by atoms with Gasteiger partial charge in [-0.25, -0.2) is 4.98 Å². The zero-order valence-electron chi connectivity index (χ0n) is 19.1. The molecule has 0 aliphatic carbocycles. The Kier molecular flexibility index (Phi) is 6.84. The van der Waals surface area contributed by atoms with Crippen molar-refractivity contribution in [1.82, 2.24) is 9.55 Å². The monoisotopic (exact) mass is 488 g/mol. The van der Waals surface area contributed by atoms with E-state index in [-0.39, 0.29) is 29.2 Å². The molecule has 35 heavy (non-hydrogen) atoms. The number of ether oxygens (including phenoxy) is 3. The molecule has 0 radical (unpaired) electrons. The minimum Gasteiger partial charge on any atom is -0.488 e. The van der Waals surface area contributed by atoms with E-state index in [1.54, 1.807) is 19.2 Å². The minimum absolute atomic E-state index is 0.202. The summed E-state index contributed by atoms with van der Waals surface area (Å²) in [5.74, 6) is 0.0600. The number of nitriles is 1. The van der Waals surface area contributed by atoms with Gasteiger partial charge in [-0.15, -0.1) is 13.2 Å². The highest BCUT2D eigenvalue weighted by Crippen LogP contribution is 2.30. The molecular formula is C24H23F3N4O4. The van der Waals surface area contributed by atoms with Crippen LogP contribution < -0.4 is 19.9 Å². The average molecular weight is 488 g/mol. The van der Waals surface area contributed by atoms with Crippen LogP contribution in [0.5, 0.6) is 11.5 Å². The zero-order chi connectivity index (χ0) is 25.2. The summed E-state index contributed by atoms with van der Waals surface area (Å²) in [7, 11) is 1.65. The van der Waals surface area contributed by atoms with Crippen LogP contribution in [0.1, 0.15) is 19.0 Å². The number of aromatic nitrogens is 2. The second kappa shape index (κ2) is 9.84. The van der Waals surface area contributed by atoms with E-state index < -0.39 is 6.36 Å². The van der Waals surface area contributed by atoms with Gasteiger partial charge in [0.1, 0.15) is 41.0 Å². The lowest BCUT2D eigenvalue weighted by Gasteiger charge is -2.39. The quantitative estimate of drug-likeness (QED) is 0.522. The molecule has 1 aliphatic rings. The molecule has 0 bridgehead atoms. The molecule has 11 heteroatoms. The second-order valence-electron chi connectivity index (χ2n) is 8.01. The Balaban J connectivity index is 1.56. The molecule has 1 fully saturated rings. The number of rotatable bonds is 6. The number of anilines is 1. The second-order valence-corrected chi connectivity index (χ2v) is 8.01. The highest BCUT2D eigenvalue weighted by Gasteiger charge is 2.33. The highest BCUT2D eigenvalue weighted by molar-refractivity contribution is 5.88. The maximum Gasteiger partial charge on any atom is 0.573 e. The van der Waals surface area contributed by atoms with Crippen LogP contribution in [-0.2, 0) is 11.8 Å². The summed E-state index contributed by atoms with van der Waals surface area (Å²) in [6, 6.07) is 12.0. The summed E-state index contributed by atoms with van der Waals surface area (Å²) in [4.78, 5) is 19.0. The van der Waals surface area contributed by atoms with Crippen molar-refractivity contribution in [3.63, 3.8) is 0 Å². The van der Waals surface area contributed by atoms with Crippen LogP contribution in [0.15, 0.2) is 47.3 Å². The van der Waals surface area contributed by atoms with Gasteiger partial charge in [0.05, 0.1) is 11.2 Å². The van der Waals surface area contributed by atoms with Gasteiger partial charge in [-0.3, -0.25) is 4.79 Å². The van der Waals surface area contributed by atoms with E-state index >= 15 is 0 Å². The van der Waals surface area contributed by atoms with Crippen molar-refractivity contribution in [3.8, 4) is 17.6 Å². The molecule has 3 aromatic rings. The van der Waals surface area contributed by atoms with Crippen molar-refractivity contribution < 1.29 is 27.4 Å². The zero-order valence-corrected chi connectivity index (χ0v) is 19.1. The number of halogens is 3. The molecule has 0 N–H and O–H groups in total. The van der Waals surface area contributed by atoms with Crippen molar-refractivity contribution >= 4 is 16.7 Å². The van der Waals surface area contributed by atoms with Gasteiger partial charge in [-0.05, 0) is 43.3 Å². The largest absolute Gasteiger partial charge is 0.573 e. The molecule has 4 rings (SSSR count). The molecule has 0 unspecified atom stereocenters. The number of pyridine rings is 2. The SMILES string of the molecule is CCO[C@H]1CN(c2cc(=O)n(C)c3ccc(C#N)nc23)CC[C@@H]1Oc1ccc(OC(F)(F)F)cc1. The third kappa shape index (κ3) is 5.49. The summed E-state index contributed by atoms with van der Waals surface area (Å²) >= 11 is 0. The van der Waals surface area contributed by atoms with Gasteiger partial charge in [0, 0.05) is 39.2 Å². The molecule has 0 saturated carbocycles. The predicted molar refractivity (Wildman–Crippen MR) is 121 cm³/mol. The lowest BCUT2D eigenvalue weighted by Crippen LogP contribution is -2.50. The molecule has 1 aliphatic heterocycles. The van der Waals surface area contributed by atoms with E-state index in [0.717, 1.165) is 0 Å². The van der Waals surface area contributed by atoms with E-state index in [2.05, 4.69) is 9.72 Å². The Bertz CT molecular complexity index is 1300. The Hall–Kier alpha value is -3.78. The van der Waals surface area contributed by atoms with Gasteiger partial charge >= 0.3 is 6.36 Å². The lowest BCUT2D eigenvalue weighted by atomic mass is 10.0. The number of aryl methyl sites for hydroxylation is 1. The molecular weight excluding hydrogens is 465 g/mol. The van der Waals surface area contributed by atoms with E-state index in [0.29, 0.717) is 48.6 Å². The molecule has 1 saturated heterocycles. The fourth-order valence-corrected chi connectivity index (χ4v) is 4.13. The number of alkyl halides is 3. The van der Waals surface area contributed by atoms with E-state index in [4.69, 9.17) is 9.47 Å². The van der Waals surface area contributed by atoms with Crippen molar-refractivity contribution in [2.24, 2.45) is 7.05 Å². The Morgan fingerprint density at radius 1 is 1.14 bits per heavy atom. The van der Waals surface area contributed by atoms with Crippen molar-refractivity contribution in [2.45, 2.75) is 31.9 Å². The van der Waals surface area contributed by atoms with Crippen molar-refractivity contribution in [2.75, 3.05) is 24.6 Å². The molecule has 0 amide bonds. The number of benzene rings is 1. The number of hydrogen-bond acceptors (Lipinski definition) is 7. The van der Waals surface area contributed by atoms with Crippen LogP contribution in [0.2, 0.25) is 0 Å². The van der Waals surface area contributed by atoms with Crippen LogP contribution in [0.25, 0.3) is 11.0 Å². The van der Waals surface area contributed by atoms with Crippen LogP contribution in [0.3, 0.4) is 0 Å². The van der Waals surface area contributed by atoms with E-state index in [1.807, 2.05) is 17.9 Å². The standard InChI is InChI=1S/C24H23F3N4O4/c1-3-33-21-14-31(19-12-22(32)30(2)18-9-4-15(13-28)29-23(18)19)11-10-20(21)34-16-5-7-17(8-6-16)35-24(25,26)27/h4-9,12,20-21H,3,10-11,14H2,1-2H3/t20-,21-/m0/s1. The molecule has 184 valence electrons. The van der Waals surface area contributed by atoms with Crippen LogP contribution >= 0.6 is 0 Å². The third-order valence-electron chi connectivity index (χ3n) is 5.75. The third-order valence-corrected chi connectivity index (χ3v) is 5.75. The number of fused-ring (bicyclic) bond motifs is 1. The first-order valence-corrected chi connectivity index (χ1v) is 11.0. The predicted octanol–water partition coefficient (Wildman–Crippen LogP) is 3.77. The van der Waals surface area contributed by atoms with Crippen LogP contribution in [0.4, 0.5) is 18.9 Å². The highest BCUT2D eigenvalue weighted by atomic mass is 19.4. The molecule has 1 aromatic carbocycles. The Morgan fingerprint density at radius 2 is 1.86 bits per heavy atom. The molecule has 2 aromatic heterocycles. The summed E-state index contributed by atoms with van der Waals surface area (Å²) in [5.41, 5.74) is 1.80. The van der Waals surface area contributed by atoms with Crippen LogP contribution in [-0.4, -0.2) is 47.8 Å². The van der Waals surface area contributed by atoms with Crippen molar-refractivity contribution in [1.29, 1.82) is 5.26 Å². The van der Waals surface area contributed by atoms with Crippen molar-refractivity contribution in [3.05, 3.63) is 58.5 Å². The Labute approximate surface area is 199 Å². The molecule has 3 heterocycles. The topological polar surface area (TPSA) is 89.6 Å². The van der Waals surface area contributed by atoms with Gasteiger partial charge in [0.2, 0.25) is 0 Å². The first-order chi connectivity index (χ1) is 16.7. The normalized spacial score (nSPS) is 18.3. The molecule has 0 spiro atoms.